The number of likely N-dealkylation sites (tertiary alicyclic amines) is 1. The number of hydrogen-bond acceptors (Lipinski definition) is 4. The molecule has 2 aromatic rings. The second-order valence-electron chi connectivity index (χ2n) is 7.91. The van der Waals surface area contributed by atoms with Crippen LogP contribution in [0.3, 0.4) is 0 Å². The Bertz CT molecular complexity index is 915. The number of hydrogen-bond donors (Lipinski definition) is 1. The van der Waals surface area contributed by atoms with Crippen molar-refractivity contribution in [2.45, 2.75) is 30.1 Å². The molecular formula is C22H30Cl2F2N2O2S. The molecule has 1 aliphatic rings. The van der Waals surface area contributed by atoms with Crippen LogP contribution in [0.15, 0.2) is 47.4 Å². The lowest BCUT2D eigenvalue weighted by atomic mass is 9.87. The van der Waals surface area contributed by atoms with Crippen molar-refractivity contribution in [3.63, 3.8) is 0 Å². The number of halogens is 4. The van der Waals surface area contributed by atoms with Crippen LogP contribution in [0.2, 0.25) is 0 Å². The van der Waals surface area contributed by atoms with Crippen LogP contribution < -0.4 is 5.73 Å². The van der Waals surface area contributed by atoms with Gasteiger partial charge in [0.2, 0.25) is 0 Å². The second kappa shape index (κ2) is 12.1. The Kier molecular flexibility index (Phi) is 10.9. The molecule has 0 amide bonds. The molecule has 1 saturated heterocycles. The molecule has 0 aliphatic carbocycles. The lowest BCUT2D eigenvalue weighted by Crippen LogP contribution is -2.37. The summed E-state index contributed by atoms with van der Waals surface area (Å²) in [5.74, 6) is -0.869. The van der Waals surface area contributed by atoms with Gasteiger partial charge < -0.3 is 10.6 Å². The molecule has 1 atom stereocenters. The Hall–Kier alpha value is -1.25. The van der Waals surface area contributed by atoms with E-state index in [1.807, 2.05) is 0 Å². The Balaban J connectivity index is 0.00000240. The predicted octanol–water partition coefficient (Wildman–Crippen LogP) is 4.40. The van der Waals surface area contributed by atoms with E-state index in [-0.39, 0.29) is 35.6 Å². The number of rotatable bonds is 7. The molecule has 31 heavy (non-hydrogen) atoms. The summed E-state index contributed by atoms with van der Waals surface area (Å²) in [4.78, 5) is 2.59. The standard InChI is InChI=1S/C22H28F2N2O2S.2ClH/c1-29(27,28)21-4-2-17(3-5-21)22(18-12-19(23)14-20(24)13-18)8-11-26-9-6-16(15-25)7-10-26;;/h2-5,12-14,16,22H,6-11,15,25H2,1H3;2*1H/t22-;;/m1../s1. The van der Waals surface area contributed by atoms with Crippen LogP contribution in [0.5, 0.6) is 0 Å². The van der Waals surface area contributed by atoms with E-state index in [0.29, 0.717) is 24.4 Å². The Morgan fingerprint density at radius 1 is 1.00 bits per heavy atom. The van der Waals surface area contributed by atoms with Gasteiger partial charge >= 0.3 is 0 Å². The van der Waals surface area contributed by atoms with Gasteiger partial charge in [-0.1, -0.05) is 12.1 Å². The molecule has 1 heterocycles. The zero-order valence-corrected chi connectivity index (χ0v) is 19.9. The van der Waals surface area contributed by atoms with Crippen molar-refractivity contribution in [1.82, 2.24) is 4.90 Å². The smallest absolute Gasteiger partial charge is 0.175 e. The Morgan fingerprint density at radius 3 is 2.03 bits per heavy atom. The van der Waals surface area contributed by atoms with Crippen LogP contribution in [0.4, 0.5) is 8.78 Å². The van der Waals surface area contributed by atoms with Crippen molar-refractivity contribution in [2.24, 2.45) is 11.7 Å². The summed E-state index contributed by atoms with van der Waals surface area (Å²) >= 11 is 0. The molecule has 0 bridgehead atoms. The van der Waals surface area contributed by atoms with E-state index < -0.39 is 21.5 Å². The van der Waals surface area contributed by atoms with Crippen LogP contribution in [-0.4, -0.2) is 45.8 Å². The minimum absolute atomic E-state index is 0. The topological polar surface area (TPSA) is 63.4 Å². The average Bonchev–Trinajstić information content (AvgIpc) is 2.67. The molecule has 1 fully saturated rings. The van der Waals surface area contributed by atoms with Crippen LogP contribution >= 0.6 is 24.8 Å². The Morgan fingerprint density at radius 2 is 1.55 bits per heavy atom. The first-order chi connectivity index (χ1) is 13.8. The third-order valence-corrected chi connectivity index (χ3v) is 6.90. The van der Waals surface area contributed by atoms with Gasteiger partial charge in [-0.15, -0.1) is 24.8 Å². The number of sulfone groups is 1. The van der Waals surface area contributed by atoms with Crippen LogP contribution in [-0.2, 0) is 9.84 Å². The molecule has 0 aromatic heterocycles. The molecule has 4 nitrogen and oxygen atoms in total. The molecule has 174 valence electrons. The van der Waals surface area contributed by atoms with Crippen LogP contribution in [0, 0.1) is 17.6 Å². The number of nitrogens with zero attached hydrogens (tertiary/aromatic N) is 1. The highest BCUT2D eigenvalue weighted by Crippen LogP contribution is 2.31. The van der Waals surface area contributed by atoms with Crippen molar-refractivity contribution in [3.8, 4) is 0 Å². The quantitative estimate of drug-likeness (QED) is 0.619. The Labute approximate surface area is 195 Å². The summed E-state index contributed by atoms with van der Waals surface area (Å²) in [6.45, 7) is 3.46. The minimum atomic E-state index is -3.30. The lowest BCUT2D eigenvalue weighted by Gasteiger charge is -2.32. The minimum Gasteiger partial charge on any atom is -0.330 e. The summed E-state index contributed by atoms with van der Waals surface area (Å²) in [6.07, 6.45) is 3.98. The van der Waals surface area contributed by atoms with Crippen molar-refractivity contribution in [1.29, 1.82) is 0 Å². The molecule has 2 N–H and O–H groups in total. The van der Waals surface area contributed by atoms with E-state index in [4.69, 9.17) is 5.73 Å². The first-order valence-corrected chi connectivity index (χ1v) is 11.8. The highest BCUT2D eigenvalue weighted by molar-refractivity contribution is 7.90. The normalized spacial score (nSPS) is 16.3. The number of benzene rings is 2. The monoisotopic (exact) mass is 494 g/mol. The molecule has 0 spiro atoms. The van der Waals surface area contributed by atoms with E-state index in [0.717, 1.165) is 50.4 Å². The van der Waals surface area contributed by atoms with Crippen molar-refractivity contribution < 1.29 is 17.2 Å². The predicted molar refractivity (Wildman–Crippen MR) is 125 cm³/mol. The van der Waals surface area contributed by atoms with Crippen molar-refractivity contribution in [3.05, 3.63) is 65.2 Å². The van der Waals surface area contributed by atoms with Gasteiger partial charge in [-0.2, -0.15) is 0 Å². The third kappa shape index (κ3) is 7.68. The van der Waals surface area contributed by atoms with Gasteiger partial charge in [-0.25, -0.2) is 17.2 Å². The van der Waals surface area contributed by atoms with Gasteiger partial charge in [-0.05, 0) is 86.8 Å². The summed E-state index contributed by atoms with van der Waals surface area (Å²) in [6, 6.07) is 10.2. The van der Waals surface area contributed by atoms with Crippen molar-refractivity contribution >= 4 is 34.7 Å². The number of nitrogens with two attached hydrogens (primary N) is 1. The van der Waals surface area contributed by atoms with E-state index in [1.165, 1.54) is 12.1 Å². The molecule has 0 saturated carbocycles. The molecule has 9 heteroatoms. The summed E-state index contributed by atoms with van der Waals surface area (Å²) < 4.78 is 51.2. The lowest BCUT2D eigenvalue weighted by molar-refractivity contribution is 0.184. The second-order valence-corrected chi connectivity index (χ2v) is 9.92. The molecule has 3 rings (SSSR count). The zero-order valence-electron chi connectivity index (χ0n) is 17.5. The van der Waals surface area contributed by atoms with Gasteiger partial charge in [0, 0.05) is 18.2 Å². The van der Waals surface area contributed by atoms with Gasteiger partial charge in [0.05, 0.1) is 4.90 Å². The fourth-order valence-corrected chi connectivity index (χ4v) is 4.64. The number of piperidine rings is 1. The summed E-state index contributed by atoms with van der Waals surface area (Å²) in [5.41, 5.74) is 7.17. The maximum absolute atomic E-state index is 13.9. The summed E-state index contributed by atoms with van der Waals surface area (Å²) in [7, 11) is -3.30. The van der Waals surface area contributed by atoms with E-state index in [1.54, 1.807) is 24.3 Å². The van der Waals surface area contributed by atoms with Crippen LogP contribution in [0.25, 0.3) is 0 Å². The van der Waals surface area contributed by atoms with Gasteiger partial charge in [0.15, 0.2) is 9.84 Å². The van der Waals surface area contributed by atoms with E-state index in [2.05, 4.69) is 4.90 Å². The third-order valence-electron chi connectivity index (χ3n) is 5.77. The van der Waals surface area contributed by atoms with E-state index in [9.17, 15) is 17.2 Å². The first kappa shape index (κ1) is 27.8. The zero-order chi connectivity index (χ0) is 21.0. The first-order valence-electron chi connectivity index (χ1n) is 9.94. The average molecular weight is 495 g/mol. The molecule has 0 radical (unpaired) electrons. The molecule has 0 unspecified atom stereocenters. The van der Waals surface area contributed by atoms with Crippen LogP contribution in [0.1, 0.15) is 36.3 Å². The van der Waals surface area contributed by atoms with Gasteiger partial charge in [0.1, 0.15) is 11.6 Å². The molecular weight excluding hydrogens is 465 g/mol. The van der Waals surface area contributed by atoms with Crippen molar-refractivity contribution in [2.75, 3.05) is 32.4 Å². The highest BCUT2D eigenvalue weighted by atomic mass is 35.5. The SMILES string of the molecule is CS(=O)(=O)c1ccc([C@@H](CCN2CCC(CN)CC2)c2cc(F)cc(F)c2)cc1.Cl.Cl. The molecule has 1 aliphatic heterocycles. The fourth-order valence-electron chi connectivity index (χ4n) is 4.01. The fraction of sp³-hybridized carbons (Fsp3) is 0.455. The maximum Gasteiger partial charge on any atom is 0.175 e. The van der Waals surface area contributed by atoms with Gasteiger partial charge in [-0.3, -0.25) is 0 Å². The largest absolute Gasteiger partial charge is 0.330 e. The molecule has 2 aromatic carbocycles. The summed E-state index contributed by atoms with van der Waals surface area (Å²) in [5, 5.41) is 0. The van der Waals surface area contributed by atoms with Gasteiger partial charge in [0.25, 0.3) is 0 Å². The maximum atomic E-state index is 13.9. The van der Waals surface area contributed by atoms with E-state index >= 15 is 0 Å². The highest BCUT2D eigenvalue weighted by Gasteiger charge is 2.22.